The molecule has 16 heavy (non-hydrogen) atoms. The number of rotatable bonds is 3. The zero-order chi connectivity index (χ0) is 11.5. The Balaban J connectivity index is 1.81. The van der Waals surface area contributed by atoms with E-state index in [1.165, 1.54) is 0 Å². The second kappa shape index (κ2) is 4.87. The molecule has 0 atom stereocenters. The summed E-state index contributed by atoms with van der Waals surface area (Å²) in [5, 5.41) is 3.85. The van der Waals surface area contributed by atoms with Gasteiger partial charge in [0.25, 0.3) is 5.88 Å². The number of hydrogen-bond acceptors (Lipinski definition) is 4. The van der Waals surface area contributed by atoms with Crippen LogP contribution in [-0.4, -0.2) is 35.3 Å². The minimum absolute atomic E-state index is 0.291. The van der Waals surface area contributed by atoms with Gasteiger partial charge in [0.1, 0.15) is 11.9 Å². The Hall–Kier alpha value is -1.03. The third-order valence-corrected chi connectivity index (χ3v) is 3.10. The van der Waals surface area contributed by atoms with Crippen LogP contribution in [0.15, 0.2) is 10.6 Å². The number of aryl methyl sites for hydroxylation is 1. The molecule has 0 amide bonds. The van der Waals surface area contributed by atoms with Gasteiger partial charge in [0, 0.05) is 25.2 Å². The average molecular weight is 224 g/mol. The number of ether oxygens (including phenoxy) is 1. The standard InChI is InChI=1S/C12H20N2O2/c1-9(2)14-6-4-11(5-7-14)15-12-8-10(3)16-13-12/h8-9,11H,4-7H2,1-3H3. The maximum atomic E-state index is 5.77. The lowest BCUT2D eigenvalue weighted by molar-refractivity contribution is 0.0786. The van der Waals surface area contributed by atoms with Gasteiger partial charge in [-0.2, -0.15) is 0 Å². The highest BCUT2D eigenvalue weighted by atomic mass is 16.5. The van der Waals surface area contributed by atoms with Gasteiger partial charge in [-0.15, -0.1) is 0 Å². The second-order valence-electron chi connectivity index (χ2n) is 4.72. The molecule has 2 heterocycles. The molecule has 0 N–H and O–H groups in total. The summed E-state index contributed by atoms with van der Waals surface area (Å²) in [6, 6.07) is 2.48. The van der Waals surface area contributed by atoms with Gasteiger partial charge >= 0.3 is 0 Å². The summed E-state index contributed by atoms with van der Waals surface area (Å²) in [5.41, 5.74) is 0. The van der Waals surface area contributed by atoms with Gasteiger partial charge in [-0.3, -0.25) is 0 Å². The van der Waals surface area contributed by atoms with E-state index in [9.17, 15) is 0 Å². The molecule has 1 aliphatic rings. The van der Waals surface area contributed by atoms with Crippen molar-refractivity contribution in [3.05, 3.63) is 11.8 Å². The molecule has 1 aliphatic heterocycles. The quantitative estimate of drug-likeness (QED) is 0.789. The molecule has 4 heteroatoms. The monoisotopic (exact) mass is 224 g/mol. The smallest absolute Gasteiger partial charge is 0.254 e. The first kappa shape index (κ1) is 11.5. The van der Waals surface area contributed by atoms with Crippen molar-refractivity contribution in [2.24, 2.45) is 0 Å². The van der Waals surface area contributed by atoms with Crippen LogP contribution in [0.4, 0.5) is 0 Å². The summed E-state index contributed by atoms with van der Waals surface area (Å²) in [6.07, 6.45) is 2.44. The third kappa shape index (κ3) is 2.76. The van der Waals surface area contributed by atoms with E-state index in [4.69, 9.17) is 9.26 Å². The summed E-state index contributed by atoms with van der Waals surface area (Å²) < 4.78 is 10.8. The van der Waals surface area contributed by atoms with Crippen LogP contribution < -0.4 is 4.74 Å². The van der Waals surface area contributed by atoms with Crippen LogP contribution in [0.3, 0.4) is 0 Å². The zero-order valence-electron chi connectivity index (χ0n) is 10.3. The molecule has 0 aliphatic carbocycles. The number of hydrogen-bond donors (Lipinski definition) is 0. The lowest BCUT2D eigenvalue weighted by Gasteiger charge is -2.34. The van der Waals surface area contributed by atoms with Crippen molar-refractivity contribution in [3.8, 4) is 5.88 Å². The highest BCUT2D eigenvalue weighted by Crippen LogP contribution is 2.19. The second-order valence-corrected chi connectivity index (χ2v) is 4.72. The fourth-order valence-electron chi connectivity index (χ4n) is 2.08. The Labute approximate surface area is 96.5 Å². The third-order valence-electron chi connectivity index (χ3n) is 3.10. The van der Waals surface area contributed by atoms with Crippen molar-refractivity contribution in [2.75, 3.05) is 13.1 Å². The first-order valence-corrected chi connectivity index (χ1v) is 5.99. The molecule has 0 unspecified atom stereocenters. The first-order valence-electron chi connectivity index (χ1n) is 5.99. The predicted octanol–water partition coefficient (Wildman–Crippen LogP) is 2.23. The molecule has 0 radical (unpaired) electrons. The lowest BCUT2D eigenvalue weighted by atomic mass is 10.1. The largest absolute Gasteiger partial charge is 0.472 e. The molecule has 0 bridgehead atoms. The Morgan fingerprint density at radius 2 is 2.12 bits per heavy atom. The first-order chi connectivity index (χ1) is 7.65. The van der Waals surface area contributed by atoms with E-state index in [2.05, 4.69) is 23.9 Å². The Morgan fingerprint density at radius 1 is 1.44 bits per heavy atom. The van der Waals surface area contributed by atoms with Crippen LogP contribution in [0.5, 0.6) is 5.88 Å². The lowest BCUT2D eigenvalue weighted by Crippen LogP contribution is -2.41. The van der Waals surface area contributed by atoms with Crippen molar-refractivity contribution in [1.29, 1.82) is 0 Å². The van der Waals surface area contributed by atoms with Gasteiger partial charge in [-0.1, -0.05) is 0 Å². The number of nitrogens with zero attached hydrogens (tertiary/aromatic N) is 2. The number of piperidine rings is 1. The van der Waals surface area contributed by atoms with E-state index in [0.29, 0.717) is 18.0 Å². The summed E-state index contributed by atoms with van der Waals surface area (Å²) in [7, 11) is 0. The highest BCUT2D eigenvalue weighted by molar-refractivity contribution is 5.09. The molecule has 1 fully saturated rings. The van der Waals surface area contributed by atoms with E-state index >= 15 is 0 Å². The van der Waals surface area contributed by atoms with Crippen molar-refractivity contribution in [1.82, 2.24) is 10.1 Å². The molecule has 2 rings (SSSR count). The Kier molecular flexibility index (Phi) is 3.49. The van der Waals surface area contributed by atoms with E-state index in [0.717, 1.165) is 31.7 Å². The summed E-state index contributed by atoms with van der Waals surface area (Å²) >= 11 is 0. The topological polar surface area (TPSA) is 38.5 Å². The van der Waals surface area contributed by atoms with Crippen molar-refractivity contribution in [3.63, 3.8) is 0 Å². The van der Waals surface area contributed by atoms with Crippen LogP contribution in [0.2, 0.25) is 0 Å². The van der Waals surface area contributed by atoms with Gasteiger partial charge in [-0.25, -0.2) is 0 Å². The van der Waals surface area contributed by atoms with Crippen LogP contribution >= 0.6 is 0 Å². The van der Waals surface area contributed by atoms with Gasteiger partial charge in [-0.05, 0) is 38.8 Å². The fraction of sp³-hybridized carbons (Fsp3) is 0.750. The fourth-order valence-corrected chi connectivity index (χ4v) is 2.08. The minimum atomic E-state index is 0.291. The van der Waals surface area contributed by atoms with E-state index in [1.54, 1.807) is 0 Å². The van der Waals surface area contributed by atoms with E-state index in [1.807, 2.05) is 13.0 Å². The summed E-state index contributed by atoms with van der Waals surface area (Å²) in [4.78, 5) is 2.48. The molecule has 0 saturated carbocycles. The normalized spacial score (nSPS) is 19.2. The van der Waals surface area contributed by atoms with Crippen LogP contribution in [0.25, 0.3) is 0 Å². The predicted molar refractivity (Wildman–Crippen MR) is 61.6 cm³/mol. The zero-order valence-corrected chi connectivity index (χ0v) is 10.3. The van der Waals surface area contributed by atoms with Crippen LogP contribution in [0.1, 0.15) is 32.4 Å². The SMILES string of the molecule is Cc1cc(OC2CCN(C(C)C)CC2)no1. The van der Waals surface area contributed by atoms with E-state index in [-0.39, 0.29) is 0 Å². The van der Waals surface area contributed by atoms with Crippen LogP contribution in [-0.2, 0) is 0 Å². The highest BCUT2D eigenvalue weighted by Gasteiger charge is 2.22. The molecular weight excluding hydrogens is 204 g/mol. The Bertz CT molecular complexity index is 328. The number of likely N-dealkylation sites (tertiary alicyclic amines) is 1. The minimum Gasteiger partial charge on any atom is -0.472 e. The molecular formula is C12H20N2O2. The summed E-state index contributed by atoms with van der Waals surface area (Å²) in [5.74, 6) is 1.43. The molecule has 0 aromatic carbocycles. The van der Waals surface area contributed by atoms with Gasteiger partial charge in [0.05, 0.1) is 0 Å². The van der Waals surface area contributed by atoms with Crippen molar-refractivity contribution in [2.45, 2.75) is 45.8 Å². The molecule has 1 aromatic heterocycles. The maximum absolute atomic E-state index is 5.77. The molecule has 4 nitrogen and oxygen atoms in total. The number of aromatic nitrogens is 1. The average Bonchev–Trinajstić information content (AvgIpc) is 2.65. The molecule has 1 aromatic rings. The molecule has 1 saturated heterocycles. The van der Waals surface area contributed by atoms with E-state index < -0.39 is 0 Å². The van der Waals surface area contributed by atoms with Crippen molar-refractivity contribution < 1.29 is 9.26 Å². The molecule has 90 valence electrons. The summed E-state index contributed by atoms with van der Waals surface area (Å²) in [6.45, 7) is 8.57. The Morgan fingerprint density at radius 3 is 2.62 bits per heavy atom. The van der Waals surface area contributed by atoms with Gasteiger partial charge in [0.2, 0.25) is 0 Å². The van der Waals surface area contributed by atoms with Gasteiger partial charge < -0.3 is 14.2 Å². The van der Waals surface area contributed by atoms with Gasteiger partial charge in [0.15, 0.2) is 0 Å². The molecule has 0 spiro atoms. The van der Waals surface area contributed by atoms with Crippen LogP contribution in [0, 0.1) is 6.92 Å². The maximum Gasteiger partial charge on any atom is 0.254 e. The van der Waals surface area contributed by atoms with Crippen molar-refractivity contribution >= 4 is 0 Å².